The Labute approximate surface area is 139 Å². The Hall–Kier alpha value is -2.47. The second-order valence-electron chi connectivity index (χ2n) is 6.60. The Balaban J connectivity index is 1.50. The van der Waals surface area contributed by atoms with Gasteiger partial charge in [0.25, 0.3) is 5.91 Å². The Kier molecular flexibility index (Phi) is 2.77. The summed E-state index contributed by atoms with van der Waals surface area (Å²) in [7, 11) is 0. The summed E-state index contributed by atoms with van der Waals surface area (Å²) >= 11 is 0. The zero-order valence-electron chi connectivity index (χ0n) is 13.1. The van der Waals surface area contributed by atoms with Gasteiger partial charge in [0.05, 0.1) is 24.6 Å². The number of para-hydroxylation sites is 1. The maximum Gasteiger partial charge on any atom is 0.272 e. The third-order valence-corrected chi connectivity index (χ3v) is 5.48. The number of rotatable bonds is 1. The average Bonchev–Trinajstić information content (AvgIpc) is 3.25. The van der Waals surface area contributed by atoms with Crippen LogP contribution in [0, 0.1) is 0 Å². The van der Waals surface area contributed by atoms with E-state index in [2.05, 4.69) is 4.98 Å². The predicted octanol–water partition coefficient (Wildman–Crippen LogP) is 1.41. The predicted molar refractivity (Wildman–Crippen MR) is 86.2 cm³/mol. The van der Waals surface area contributed by atoms with Crippen LogP contribution in [0.5, 0.6) is 0 Å². The number of carbonyl (C=O) groups excluding carboxylic acids is 2. The van der Waals surface area contributed by atoms with Gasteiger partial charge >= 0.3 is 0 Å². The zero-order valence-corrected chi connectivity index (χ0v) is 13.1. The highest BCUT2D eigenvalue weighted by Gasteiger charge is 2.62. The molecule has 6 nitrogen and oxygen atoms in total. The SMILES string of the molecule is O=C(c1ccc2ccccc2n1)N1CC[C@@]23OCCN2C(=O)C[C@@H]13. The van der Waals surface area contributed by atoms with Gasteiger partial charge in [0.1, 0.15) is 5.69 Å². The molecule has 2 amide bonds. The van der Waals surface area contributed by atoms with Gasteiger partial charge < -0.3 is 14.5 Å². The van der Waals surface area contributed by atoms with Crippen molar-refractivity contribution in [2.75, 3.05) is 19.7 Å². The molecule has 4 heterocycles. The number of hydrogen-bond donors (Lipinski definition) is 0. The maximum atomic E-state index is 13.0. The second-order valence-corrected chi connectivity index (χ2v) is 6.60. The molecule has 0 saturated carbocycles. The number of aromatic nitrogens is 1. The van der Waals surface area contributed by atoms with E-state index in [-0.39, 0.29) is 17.9 Å². The first-order valence-corrected chi connectivity index (χ1v) is 8.30. The van der Waals surface area contributed by atoms with Gasteiger partial charge in [-0.3, -0.25) is 9.59 Å². The quantitative estimate of drug-likeness (QED) is 0.796. The van der Waals surface area contributed by atoms with E-state index in [0.717, 1.165) is 10.9 Å². The molecule has 3 fully saturated rings. The van der Waals surface area contributed by atoms with E-state index in [1.807, 2.05) is 35.2 Å². The van der Waals surface area contributed by atoms with Crippen molar-refractivity contribution in [1.82, 2.24) is 14.8 Å². The third-order valence-electron chi connectivity index (χ3n) is 5.48. The van der Waals surface area contributed by atoms with Crippen molar-refractivity contribution >= 4 is 22.7 Å². The van der Waals surface area contributed by atoms with E-state index in [0.29, 0.717) is 38.2 Å². The lowest BCUT2D eigenvalue weighted by atomic mass is 10.1. The highest BCUT2D eigenvalue weighted by atomic mass is 16.5. The van der Waals surface area contributed by atoms with Crippen molar-refractivity contribution in [2.45, 2.75) is 24.6 Å². The molecule has 0 N–H and O–H groups in total. The molecule has 1 spiro atoms. The molecule has 2 atom stereocenters. The summed E-state index contributed by atoms with van der Waals surface area (Å²) in [6.45, 7) is 1.78. The number of hydrogen-bond acceptors (Lipinski definition) is 4. The van der Waals surface area contributed by atoms with E-state index in [9.17, 15) is 9.59 Å². The standard InChI is InChI=1S/C18H17N3O3/c22-16-11-15-18(21(16)9-10-24-18)7-8-20(15)17(23)14-6-5-12-3-1-2-4-13(12)19-14/h1-6,15H,7-11H2/t15-,18+/m1/s1. The summed E-state index contributed by atoms with van der Waals surface area (Å²) in [4.78, 5) is 33.3. The number of benzene rings is 1. The van der Waals surface area contributed by atoms with E-state index < -0.39 is 5.72 Å². The number of nitrogens with zero attached hydrogens (tertiary/aromatic N) is 3. The van der Waals surface area contributed by atoms with Crippen molar-refractivity contribution in [3.63, 3.8) is 0 Å². The number of carbonyl (C=O) groups is 2. The van der Waals surface area contributed by atoms with Crippen LogP contribution in [-0.2, 0) is 9.53 Å². The van der Waals surface area contributed by atoms with Crippen molar-refractivity contribution in [3.05, 3.63) is 42.1 Å². The molecule has 6 heteroatoms. The lowest BCUT2D eigenvalue weighted by molar-refractivity contribution is -0.136. The van der Waals surface area contributed by atoms with E-state index >= 15 is 0 Å². The van der Waals surface area contributed by atoms with Gasteiger partial charge in [0.2, 0.25) is 5.91 Å². The van der Waals surface area contributed by atoms with E-state index in [4.69, 9.17) is 4.74 Å². The molecule has 0 unspecified atom stereocenters. The molecule has 1 aromatic heterocycles. The minimum Gasteiger partial charge on any atom is -0.351 e. The first-order valence-electron chi connectivity index (χ1n) is 8.30. The molecule has 5 rings (SSSR count). The van der Waals surface area contributed by atoms with Gasteiger partial charge in [-0.05, 0) is 12.1 Å². The van der Waals surface area contributed by atoms with Crippen LogP contribution in [0.15, 0.2) is 36.4 Å². The highest BCUT2D eigenvalue weighted by molar-refractivity contribution is 5.96. The van der Waals surface area contributed by atoms with Gasteiger partial charge in [-0.25, -0.2) is 4.98 Å². The largest absolute Gasteiger partial charge is 0.351 e. The van der Waals surface area contributed by atoms with Gasteiger partial charge in [-0.15, -0.1) is 0 Å². The Morgan fingerprint density at radius 2 is 2.08 bits per heavy atom. The van der Waals surface area contributed by atoms with Crippen molar-refractivity contribution in [3.8, 4) is 0 Å². The average molecular weight is 323 g/mol. The van der Waals surface area contributed by atoms with Crippen LogP contribution in [0.25, 0.3) is 10.9 Å². The molecule has 122 valence electrons. The number of likely N-dealkylation sites (tertiary alicyclic amines) is 1. The van der Waals surface area contributed by atoms with Crippen molar-refractivity contribution < 1.29 is 14.3 Å². The van der Waals surface area contributed by atoms with Crippen LogP contribution in [0.1, 0.15) is 23.3 Å². The minimum atomic E-state index is -0.594. The van der Waals surface area contributed by atoms with Gasteiger partial charge in [-0.1, -0.05) is 24.3 Å². The zero-order chi connectivity index (χ0) is 16.3. The lowest BCUT2D eigenvalue weighted by Gasteiger charge is -2.31. The number of pyridine rings is 1. The van der Waals surface area contributed by atoms with Crippen LogP contribution >= 0.6 is 0 Å². The normalized spacial score (nSPS) is 28.5. The fourth-order valence-electron chi connectivity index (χ4n) is 4.37. The molecule has 3 aliphatic heterocycles. The Morgan fingerprint density at radius 1 is 1.21 bits per heavy atom. The topological polar surface area (TPSA) is 62.7 Å². The molecule has 3 saturated heterocycles. The van der Waals surface area contributed by atoms with Gasteiger partial charge in [0, 0.05) is 24.9 Å². The molecule has 3 aliphatic rings. The minimum absolute atomic E-state index is 0.0847. The van der Waals surface area contributed by atoms with E-state index in [1.165, 1.54) is 0 Å². The molecule has 0 aliphatic carbocycles. The first-order chi connectivity index (χ1) is 11.7. The molecule has 0 radical (unpaired) electrons. The molecule has 2 aromatic rings. The number of amides is 2. The van der Waals surface area contributed by atoms with Crippen LogP contribution in [0.2, 0.25) is 0 Å². The molecular formula is C18H17N3O3. The third kappa shape index (κ3) is 1.72. The summed E-state index contributed by atoms with van der Waals surface area (Å²) in [6, 6.07) is 11.2. The molecule has 0 bridgehead atoms. The summed E-state index contributed by atoms with van der Waals surface area (Å²) in [6.07, 6.45) is 1.03. The molecule has 1 aromatic carbocycles. The smallest absolute Gasteiger partial charge is 0.272 e. The van der Waals surface area contributed by atoms with Gasteiger partial charge in [0.15, 0.2) is 5.72 Å². The number of fused-ring (bicyclic) bond motifs is 1. The van der Waals surface area contributed by atoms with Crippen molar-refractivity contribution in [2.24, 2.45) is 0 Å². The summed E-state index contributed by atoms with van der Waals surface area (Å²) < 4.78 is 5.94. The highest BCUT2D eigenvalue weighted by Crippen LogP contribution is 2.45. The summed E-state index contributed by atoms with van der Waals surface area (Å²) in [5, 5.41) is 1.01. The first kappa shape index (κ1) is 13.9. The van der Waals surface area contributed by atoms with E-state index in [1.54, 1.807) is 11.0 Å². The fraction of sp³-hybridized carbons (Fsp3) is 0.389. The monoisotopic (exact) mass is 323 g/mol. The fourth-order valence-corrected chi connectivity index (χ4v) is 4.37. The lowest BCUT2D eigenvalue weighted by Crippen LogP contribution is -2.48. The maximum absolute atomic E-state index is 13.0. The Bertz CT molecular complexity index is 867. The van der Waals surface area contributed by atoms with Crippen LogP contribution in [-0.4, -0.2) is 58.1 Å². The van der Waals surface area contributed by atoms with Crippen LogP contribution in [0.4, 0.5) is 0 Å². The van der Waals surface area contributed by atoms with Crippen LogP contribution in [0.3, 0.4) is 0 Å². The molecule has 24 heavy (non-hydrogen) atoms. The molecular weight excluding hydrogens is 306 g/mol. The summed E-state index contributed by atoms with van der Waals surface area (Å²) in [5.41, 5.74) is 0.636. The summed E-state index contributed by atoms with van der Waals surface area (Å²) in [5.74, 6) is -0.0331. The Morgan fingerprint density at radius 3 is 3.00 bits per heavy atom. The van der Waals surface area contributed by atoms with Crippen LogP contribution < -0.4 is 0 Å². The van der Waals surface area contributed by atoms with Crippen molar-refractivity contribution in [1.29, 1.82) is 0 Å². The second kappa shape index (κ2) is 4.77. The number of ether oxygens (including phenoxy) is 1. The van der Waals surface area contributed by atoms with Gasteiger partial charge in [-0.2, -0.15) is 0 Å².